The standard InChI is InChI=1S/C14H16Br2N4O/c1-3-4-21-13-10(5-11(15)6-12(13)16)7-18-20-8-9(2)19-14(20)17/h5-8H,3-4H2,1-2H3,(H2,17,19). The molecule has 1 heterocycles. The molecule has 0 aliphatic rings. The molecule has 0 spiro atoms. The third-order valence-corrected chi connectivity index (χ3v) is 3.69. The SMILES string of the molecule is CCCOc1c(Br)cc(Br)cc1C=Nn1cc(C)nc1N. The predicted molar refractivity (Wildman–Crippen MR) is 92.0 cm³/mol. The topological polar surface area (TPSA) is 65.4 Å². The third-order valence-electron chi connectivity index (χ3n) is 2.64. The summed E-state index contributed by atoms with van der Waals surface area (Å²) in [5, 5.41) is 4.33. The number of imidazole rings is 1. The van der Waals surface area contributed by atoms with Crippen molar-refractivity contribution in [2.45, 2.75) is 20.3 Å². The summed E-state index contributed by atoms with van der Waals surface area (Å²) in [7, 11) is 0. The maximum absolute atomic E-state index is 5.78. The Hall–Kier alpha value is -1.34. The van der Waals surface area contributed by atoms with Crippen molar-refractivity contribution < 1.29 is 4.74 Å². The molecule has 0 saturated heterocycles. The van der Waals surface area contributed by atoms with Gasteiger partial charge in [0.25, 0.3) is 0 Å². The molecule has 0 bridgehead atoms. The first-order chi connectivity index (χ1) is 10.0. The molecule has 112 valence electrons. The molecule has 1 aromatic heterocycles. The van der Waals surface area contributed by atoms with Crippen LogP contribution in [0.5, 0.6) is 5.75 Å². The number of nitrogen functional groups attached to an aromatic ring is 1. The number of benzene rings is 1. The Morgan fingerprint density at radius 2 is 2.19 bits per heavy atom. The average molecular weight is 416 g/mol. The van der Waals surface area contributed by atoms with Gasteiger partial charge < -0.3 is 10.5 Å². The molecular weight excluding hydrogens is 400 g/mol. The Morgan fingerprint density at radius 3 is 2.81 bits per heavy atom. The van der Waals surface area contributed by atoms with Gasteiger partial charge in [0.2, 0.25) is 5.95 Å². The number of ether oxygens (including phenoxy) is 1. The van der Waals surface area contributed by atoms with Gasteiger partial charge >= 0.3 is 0 Å². The Morgan fingerprint density at radius 1 is 1.43 bits per heavy atom. The maximum Gasteiger partial charge on any atom is 0.221 e. The van der Waals surface area contributed by atoms with Crippen LogP contribution >= 0.6 is 31.9 Å². The summed E-state index contributed by atoms with van der Waals surface area (Å²) in [6.07, 6.45) is 4.41. The van der Waals surface area contributed by atoms with Crippen LogP contribution in [0.1, 0.15) is 24.6 Å². The minimum Gasteiger partial charge on any atom is -0.492 e. The van der Waals surface area contributed by atoms with Gasteiger partial charge in [0.05, 0.1) is 29.2 Å². The maximum atomic E-state index is 5.78. The zero-order chi connectivity index (χ0) is 15.4. The zero-order valence-corrected chi connectivity index (χ0v) is 15.0. The van der Waals surface area contributed by atoms with E-state index in [0.717, 1.165) is 32.4 Å². The number of aromatic nitrogens is 2. The fourth-order valence-corrected chi connectivity index (χ4v) is 3.13. The van der Waals surface area contributed by atoms with Crippen molar-refractivity contribution in [2.75, 3.05) is 12.3 Å². The molecule has 0 unspecified atom stereocenters. The van der Waals surface area contributed by atoms with Crippen molar-refractivity contribution in [3.05, 3.63) is 38.5 Å². The number of hydrogen-bond donors (Lipinski definition) is 1. The first-order valence-corrected chi connectivity index (χ1v) is 8.07. The van der Waals surface area contributed by atoms with Gasteiger partial charge in [-0.25, -0.2) is 9.66 Å². The van der Waals surface area contributed by atoms with Crippen LogP contribution in [0.3, 0.4) is 0 Å². The Kier molecular flexibility index (Phi) is 5.41. The predicted octanol–water partition coefficient (Wildman–Crippen LogP) is 3.97. The molecule has 21 heavy (non-hydrogen) atoms. The molecule has 0 aliphatic carbocycles. The summed E-state index contributed by atoms with van der Waals surface area (Å²) in [5.74, 6) is 1.12. The van der Waals surface area contributed by atoms with E-state index in [1.54, 1.807) is 12.4 Å². The number of aryl methyl sites for hydroxylation is 1. The lowest BCUT2D eigenvalue weighted by atomic mass is 10.2. The second-order valence-electron chi connectivity index (χ2n) is 4.48. The van der Waals surface area contributed by atoms with Crippen LogP contribution in [-0.4, -0.2) is 22.5 Å². The zero-order valence-electron chi connectivity index (χ0n) is 11.8. The molecule has 0 fully saturated rings. The van der Waals surface area contributed by atoms with Gasteiger partial charge in [-0.15, -0.1) is 0 Å². The fourth-order valence-electron chi connectivity index (χ4n) is 1.75. The van der Waals surface area contributed by atoms with Gasteiger partial charge in [-0.3, -0.25) is 0 Å². The normalized spacial score (nSPS) is 11.2. The first kappa shape index (κ1) is 16.0. The molecule has 0 radical (unpaired) electrons. The molecular formula is C14H16Br2N4O. The van der Waals surface area contributed by atoms with Crippen molar-refractivity contribution in [1.29, 1.82) is 0 Å². The van der Waals surface area contributed by atoms with Crippen LogP contribution in [0.25, 0.3) is 0 Å². The number of anilines is 1. The van der Waals surface area contributed by atoms with E-state index >= 15 is 0 Å². The van der Waals surface area contributed by atoms with E-state index < -0.39 is 0 Å². The van der Waals surface area contributed by atoms with E-state index in [2.05, 4.69) is 48.9 Å². The molecule has 0 atom stereocenters. The van der Waals surface area contributed by atoms with E-state index in [0.29, 0.717) is 12.6 Å². The third kappa shape index (κ3) is 4.07. The number of halogens is 2. The molecule has 0 saturated carbocycles. The van der Waals surface area contributed by atoms with Crippen LogP contribution in [0.2, 0.25) is 0 Å². The molecule has 0 aliphatic heterocycles. The molecule has 2 rings (SSSR count). The van der Waals surface area contributed by atoms with Gasteiger partial charge in [0.15, 0.2) is 0 Å². The Bertz CT molecular complexity index is 667. The summed E-state index contributed by atoms with van der Waals surface area (Å²) in [6, 6.07) is 3.89. The summed E-state index contributed by atoms with van der Waals surface area (Å²) >= 11 is 6.98. The summed E-state index contributed by atoms with van der Waals surface area (Å²) in [5.41, 5.74) is 7.45. The molecule has 5 nitrogen and oxygen atoms in total. The van der Waals surface area contributed by atoms with Gasteiger partial charge in [0.1, 0.15) is 5.75 Å². The van der Waals surface area contributed by atoms with Crippen LogP contribution < -0.4 is 10.5 Å². The minimum atomic E-state index is 0.355. The minimum absolute atomic E-state index is 0.355. The van der Waals surface area contributed by atoms with E-state index in [1.165, 1.54) is 4.68 Å². The summed E-state index contributed by atoms with van der Waals surface area (Å²) in [6.45, 7) is 4.58. The van der Waals surface area contributed by atoms with E-state index in [1.807, 2.05) is 19.1 Å². The van der Waals surface area contributed by atoms with Gasteiger partial charge in [-0.1, -0.05) is 22.9 Å². The summed E-state index contributed by atoms with van der Waals surface area (Å²) in [4.78, 5) is 4.11. The summed E-state index contributed by atoms with van der Waals surface area (Å²) < 4.78 is 9.13. The largest absolute Gasteiger partial charge is 0.492 e. The molecule has 2 N–H and O–H groups in total. The average Bonchev–Trinajstić information content (AvgIpc) is 2.73. The van der Waals surface area contributed by atoms with Crippen LogP contribution in [0, 0.1) is 6.92 Å². The first-order valence-electron chi connectivity index (χ1n) is 6.49. The van der Waals surface area contributed by atoms with E-state index in [9.17, 15) is 0 Å². The molecule has 0 amide bonds. The lowest BCUT2D eigenvalue weighted by molar-refractivity contribution is 0.315. The smallest absolute Gasteiger partial charge is 0.221 e. The number of nitrogens with two attached hydrogens (primary N) is 1. The van der Waals surface area contributed by atoms with E-state index in [-0.39, 0.29) is 0 Å². The van der Waals surface area contributed by atoms with Crippen LogP contribution in [-0.2, 0) is 0 Å². The molecule has 7 heteroatoms. The van der Waals surface area contributed by atoms with Crippen molar-refractivity contribution in [2.24, 2.45) is 5.10 Å². The Labute approximate surface area is 140 Å². The highest BCUT2D eigenvalue weighted by Crippen LogP contribution is 2.32. The lowest BCUT2D eigenvalue weighted by Gasteiger charge is -2.11. The number of rotatable bonds is 5. The van der Waals surface area contributed by atoms with Crippen LogP contribution in [0.15, 0.2) is 32.4 Å². The van der Waals surface area contributed by atoms with Gasteiger partial charge in [-0.05, 0) is 41.4 Å². The van der Waals surface area contributed by atoms with Crippen molar-refractivity contribution >= 4 is 44.0 Å². The highest BCUT2D eigenvalue weighted by atomic mass is 79.9. The lowest BCUT2D eigenvalue weighted by Crippen LogP contribution is -2.01. The van der Waals surface area contributed by atoms with Crippen molar-refractivity contribution in [3.63, 3.8) is 0 Å². The fraction of sp³-hybridized carbons (Fsp3) is 0.286. The second-order valence-corrected chi connectivity index (χ2v) is 6.25. The quantitative estimate of drug-likeness (QED) is 0.751. The van der Waals surface area contributed by atoms with Crippen LogP contribution in [0.4, 0.5) is 5.95 Å². The van der Waals surface area contributed by atoms with Gasteiger partial charge in [-0.2, -0.15) is 5.10 Å². The Balaban J connectivity index is 2.35. The van der Waals surface area contributed by atoms with Crippen molar-refractivity contribution in [1.82, 2.24) is 9.66 Å². The van der Waals surface area contributed by atoms with Gasteiger partial charge in [0, 0.05) is 10.0 Å². The second kappa shape index (κ2) is 7.09. The van der Waals surface area contributed by atoms with Crippen molar-refractivity contribution in [3.8, 4) is 5.75 Å². The number of hydrogen-bond acceptors (Lipinski definition) is 4. The molecule has 1 aromatic carbocycles. The molecule has 2 aromatic rings. The van der Waals surface area contributed by atoms with E-state index in [4.69, 9.17) is 10.5 Å². The highest BCUT2D eigenvalue weighted by Gasteiger charge is 2.09. The number of nitrogens with zero attached hydrogens (tertiary/aromatic N) is 3. The monoisotopic (exact) mass is 414 g/mol. The highest BCUT2D eigenvalue weighted by molar-refractivity contribution is 9.11.